The van der Waals surface area contributed by atoms with E-state index < -0.39 is 0 Å². The van der Waals surface area contributed by atoms with Crippen molar-refractivity contribution in [2.45, 2.75) is 20.8 Å². The van der Waals surface area contributed by atoms with E-state index in [-0.39, 0.29) is 11.6 Å². The van der Waals surface area contributed by atoms with Crippen LogP contribution >= 0.6 is 0 Å². The third-order valence-electron chi connectivity index (χ3n) is 6.72. The lowest BCUT2D eigenvalue weighted by Crippen LogP contribution is -2.09. The monoisotopic (exact) mass is 480 g/mol. The Balaban J connectivity index is 1.78. The minimum absolute atomic E-state index is 0.0675. The van der Waals surface area contributed by atoms with Gasteiger partial charge in [-0.05, 0) is 55.2 Å². The molecule has 5 rings (SSSR count). The van der Waals surface area contributed by atoms with Crippen molar-refractivity contribution >= 4 is 11.6 Å². The van der Waals surface area contributed by atoms with E-state index in [0.717, 1.165) is 38.9 Å². The second-order valence-corrected chi connectivity index (χ2v) is 9.57. The van der Waals surface area contributed by atoms with Crippen LogP contribution in [-0.2, 0) is 0 Å². The molecule has 0 saturated carbocycles. The maximum atomic E-state index is 13.9. The highest BCUT2D eigenvalue weighted by atomic mass is 16.1. The summed E-state index contributed by atoms with van der Waals surface area (Å²) in [5.74, 6) is -0.136. The molecule has 5 aromatic rings. The van der Waals surface area contributed by atoms with Crippen molar-refractivity contribution in [3.63, 3.8) is 0 Å². The van der Waals surface area contributed by atoms with Gasteiger partial charge in [0, 0.05) is 22.3 Å². The Morgan fingerprint density at radius 2 is 0.784 bits per heavy atom. The third-order valence-corrected chi connectivity index (χ3v) is 6.72. The standard InChI is InChI=1S/C35H28O2/c1-23-9-15-27(16-10-23)31-22-32(34(36)28-17-11-24(2)12-18-28)30(26-7-5-4-6-8-26)21-33(31)35(37)29-19-13-25(3)14-20-29/h4-22H,1-3H3. The molecule has 180 valence electrons. The molecular weight excluding hydrogens is 452 g/mol. The lowest BCUT2D eigenvalue weighted by atomic mass is 9.85. The van der Waals surface area contributed by atoms with E-state index in [2.05, 4.69) is 0 Å². The van der Waals surface area contributed by atoms with Gasteiger partial charge in [0.25, 0.3) is 0 Å². The van der Waals surface area contributed by atoms with Crippen LogP contribution in [0.2, 0.25) is 0 Å². The summed E-state index contributed by atoms with van der Waals surface area (Å²) in [7, 11) is 0. The maximum Gasteiger partial charge on any atom is 0.193 e. The first kappa shape index (κ1) is 24.1. The molecule has 0 fully saturated rings. The van der Waals surface area contributed by atoms with Crippen LogP contribution in [0.3, 0.4) is 0 Å². The largest absolute Gasteiger partial charge is 0.289 e. The van der Waals surface area contributed by atoms with Gasteiger partial charge in [-0.3, -0.25) is 9.59 Å². The fourth-order valence-electron chi connectivity index (χ4n) is 4.52. The van der Waals surface area contributed by atoms with Crippen LogP contribution < -0.4 is 0 Å². The Kier molecular flexibility index (Phi) is 6.66. The normalized spacial score (nSPS) is 10.8. The molecule has 5 aromatic carbocycles. The molecule has 0 unspecified atom stereocenters. The fourth-order valence-corrected chi connectivity index (χ4v) is 4.52. The quantitative estimate of drug-likeness (QED) is 0.229. The van der Waals surface area contributed by atoms with Gasteiger partial charge < -0.3 is 0 Å². The van der Waals surface area contributed by atoms with Gasteiger partial charge in [0.1, 0.15) is 0 Å². The van der Waals surface area contributed by atoms with Crippen molar-refractivity contribution in [3.05, 3.63) is 154 Å². The molecule has 2 nitrogen and oxygen atoms in total. The van der Waals surface area contributed by atoms with Crippen LogP contribution in [0, 0.1) is 20.8 Å². The van der Waals surface area contributed by atoms with Crippen LogP contribution in [0.25, 0.3) is 22.3 Å². The zero-order chi connectivity index (χ0) is 25.9. The van der Waals surface area contributed by atoms with Crippen LogP contribution in [0.4, 0.5) is 0 Å². The lowest BCUT2D eigenvalue weighted by Gasteiger charge is -2.17. The van der Waals surface area contributed by atoms with E-state index >= 15 is 0 Å². The molecule has 0 heterocycles. The second kappa shape index (κ2) is 10.2. The third kappa shape index (κ3) is 5.05. The van der Waals surface area contributed by atoms with Gasteiger partial charge in [-0.15, -0.1) is 0 Å². The molecule has 0 aliphatic rings. The molecule has 2 heteroatoms. The molecule has 0 bridgehead atoms. The fraction of sp³-hybridized carbons (Fsp3) is 0.0857. The summed E-state index contributed by atoms with van der Waals surface area (Å²) < 4.78 is 0. The van der Waals surface area contributed by atoms with Crippen LogP contribution in [-0.4, -0.2) is 11.6 Å². The molecule has 0 radical (unpaired) electrons. The molecule has 0 atom stereocenters. The molecule has 0 aliphatic carbocycles. The zero-order valence-corrected chi connectivity index (χ0v) is 21.3. The zero-order valence-electron chi connectivity index (χ0n) is 21.3. The summed E-state index contributed by atoms with van der Waals surface area (Å²) in [5.41, 5.74) is 9.01. The Bertz CT molecular complexity index is 1580. The van der Waals surface area contributed by atoms with Gasteiger partial charge in [-0.1, -0.05) is 120 Å². The van der Waals surface area contributed by atoms with E-state index in [4.69, 9.17) is 0 Å². The number of hydrogen-bond donors (Lipinski definition) is 0. The average molecular weight is 481 g/mol. The first-order chi connectivity index (χ1) is 17.9. The molecule has 0 aliphatic heterocycles. The van der Waals surface area contributed by atoms with Gasteiger partial charge in [0.15, 0.2) is 11.6 Å². The molecule has 0 aromatic heterocycles. The average Bonchev–Trinajstić information content (AvgIpc) is 2.93. The summed E-state index contributed by atoms with van der Waals surface area (Å²) in [6.45, 7) is 6.04. The Hall–Kier alpha value is -4.56. The van der Waals surface area contributed by atoms with Crippen molar-refractivity contribution in [2.24, 2.45) is 0 Å². The Labute approximate surface area is 218 Å². The topological polar surface area (TPSA) is 34.1 Å². The number of carbonyl (C=O) groups excluding carboxylic acids is 2. The van der Waals surface area contributed by atoms with Crippen LogP contribution in [0.15, 0.2) is 115 Å². The summed E-state index contributed by atoms with van der Waals surface area (Å²) in [6.07, 6.45) is 0. The molecule has 0 spiro atoms. The maximum absolute atomic E-state index is 13.9. The Morgan fingerprint density at radius 3 is 1.19 bits per heavy atom. The van der Waals surface area contributed by atoms with Crippen molar-refractivity contribution in [2.75, 3.05) is 0 Å². The predicted octanol–water partition coefficient (Wildman–Crippen LogP) is 8.41. The van der Waals surface area contributed by atoms with E-state index in [9.17, 15) is 9.59 Å². The molecule has 37 heavy (non-hydrogen) atoms. The van der Waals surface area contributed by atoms with Crippen LogP contribution in [0.1, 0.15) is 48.5 Å². The first-order valence-corrected chi connectivity index (χ1v) is 12.4. The van der Waals surface area contributed by atoms with Crippen LogP contribution in [0.5, 0.6) is 0 Å². The lowest BCUT2D eigenvalue weighted by molar-refractivity contribution is 0.102. The van der Waals surface area contributed by atoms with Gasteiger partial charge in [-0.2, -0.15) is 0 Å². The van der Waals surface area contributed by atoms with E-state index in [1.165, 1.54) is 0 Å². The van der Waals surface area contributed by atoms with Gasteiger partial charge in [0.2, 0.25) is 0 Å². The highest BCUT2D eigenvalue weighted by molar-refractivity contribution is 6.18. The van der Waals surface area contributed by atoms with Crippen molar-refractivity contribution in [3.8, 4) is 22.3 Å². The van der Waals surface area contributed by atoms with Crippen molar-refractivity contribution < 1.29 is 9.59 Å². The number of hydrogen-bond acceptors (Lipinski definition) is 2. The summed E-state index contributed by atoms with van der Waals surface area (Å²) in [4.78, 5) is 27.8. The summed E-state index contributed by atoms with van der Waals surface area (Å²) >= 11 is 0. The van der Waals surface area contributed by atoms with Gasteiger partial charge in [-0.25, -0.2) is 0 Å². The summed E-state index contributed by atoms with van der Waals surface area (Å²) in [5, 5.41) is 0. The Morgan fingerprint density at radius 1 is 0.432 bits per heavy atom. The predicted molar refractivity (Wildman–Crippen MR) is 151 cm³/mol. The van der Waals surface area contributed by atoms with E-state index in [0.29, 0.717) is 22.3 Å². The molecular formula is C35H28O2. The van der Waals surface area contributed by atoms with Crippen molar-refractivity contribution in [1.29, 1.82) is 0 Å². The highest BCUT2D eigenvalue weighted by Crippen LogP contribution is 2.35. The summed E-state index contributed by atoms with van der Waals surface area (Å²) in [6, 6.07) is 36.9. The molecule has 0 amide bonds. The minimum Gasteiger partial charge on any atom is -0.289 e. The number of aryl methyl sites for hydroxylation is 3. The highest BCUT2D eigenvalue weighted by Gasteiger charge is 2.23. The SMILES string of the molecule is Cc1ccc(C(=O)c2cc(-c3ccc(C)cc3)c(C(=O)c3ccc(C)cc3)cc2-c2ccccc2)cc1. The van der Waals surface area contributed by atoms with Crippen molar-refractivity contribution in [1.82, 2.24) is 0 Å². The second-order valence-electron chi connectivity index (χ2n) is 9.57. The van der Waals surface area contributed by atoms with E-state index in [1.807, 2.05) is 136 Å². The van der Waals surface area contributed by atoms with E-state index in [1.54, 1.807) is 0 Å². The molecule has 0 N–H and O–H groups in total. The molecule has 0 saturated heterocycles. The smallest absolute Gasteiger partial charge is 0.193 e. The number of benzene rings is 5. The van der Waals surface area contributed by atoms with Gasteiger partial charge in [0.05, 0.1) is 0 Å². The minimum atomic E-state index is -0.0680. The van der Waals surface area contributed by atoms with Gasteiger partial charge >= 0.3 is 0 Å². The number of rotatable bonds is 6. The number of carbonyl (C=O) groups is 2. The number of ketones is 2. The first-order valence-electron chi connectivity index (χ1n) is 12.4.